The lowest BCUT2D eigenvalue weighted by molar-refractivity contribution is 0.190. The minimum Gasteiger partial charge on any atom is -0.497 e. The van der Waals surface area contributed by atoms with Crippen molar-refractivity contribution in [3.8, 4) is 16.3 Å². The third-order valence-corrected chi connectivity index (χ3v) is 6.17. The van der Waals surface area contributed by atoms with Crippen molar-refractivity contribution < 1.29 is 4.74 Å². The number of thiazole rings is 1. The van der Waals surface area contributed by atoms with Gasteiger partial charge in [0.05, 0.1) is 19.0 Å². The minimum absolute atomic E-state index is 0.446. The molecule has 1 aromatic carbocycles. The molecule has 0 N–H and O–H groups in total. The molecule has 27 heavy (non-hydrogen) atoms. The quantitative estimate of drug-likeness (QED) is 0.643. The van der Waals surface area contributed by atoms with E-state index in [1.54, 1.807) is 18.4 Å². The van der Waals surface area contributed by atoms with Crippen LogP contribution in [0.25, 0.3) is 10.6 Å². The molecule has 0 unspecified atom stereocenters. The molecule has 3 aromatic rings. The van der Waals surface area contributed by atoms with Crippen LogP contribution < -0.4 is 4.74 Å². The van der Waals surface area contributed by atoms with Gasteiger partial charge in [-0.25, -0.2) is 4.98 Å². The maximum absolute atomic E-state index is 5.32. The summed E-state index contributed by atoms with van der Waals surface area (Å²) in [4.78, 5) is 7.47. The average molecular weight is 383 g/mol. The van der Waals surface area contributed by atoms with Crippen molar-refractivity contribution in [1.82, 2.24) is 19.7 Å². The molecular weight excluding hydrogens is 356 g/mol. The lowest BCUT2D eigenvalue weighted by atomic mass is 10.0. The molecule has 0 amide bonds. The smallest absolute Gasteiger partial charge is 0.126 e. The largest absolute Gasteiger partial charge is 0.497 e. The highest BCUT2D eigenvalue weighted by atomic mass is 32.1. The van der Waals surface area contributed by atoms with Crippen LogP contribution in [0.4, 0.5) is 0 Å². The van der Waals surface area contributed by atoms with Gasteiger partial charge < -0.3 is 4.74 Å². The first-order valence-corrected chi connectivity index (χ1v) is 10.4. The van der Waals surface area contributed by atoms with Gasteiger partial charge in [-0.15, -0.1) is 11.3 Å². The van der Waals surface area contributed by atoms with E-state index in [-0.39, 0.29) is 0 Å². The van der Waals surface area contributed by atoms with Gasteiger partial charge >= 0.3 is 0 Å². The number of hydrogen-bond acceptors (Lipinski definition) is 5. The molecule has 5 nitrogen and oxygen atoms in total. The third kappa shape index (κ3) is 4.22. The first kappa shape index (κ1) is 18.2. The molecule has 0 radical (unpaired) electrons. The van der Waals surface area contributed by atoms with Gasteiger partial charge in [-0.2, -0.15) is 5.10 Å². The lowest BCUT2D eigenvalue weighted by Crippen LogP contribution is -2.28. The zero-order chi connectivity index (χ0) is 18.6. The molecule has 0 saturated carbocycles. The van der Waals surface area contributed by atoms with Crippen LogP contribution in [0, 0.1) is 0 Å². The molecule has 1 fully saturated rings. The standard InChI is InChI=1S/C21H26N4OS/c1-24-13-17(12-22-24)21-23-18(15-27-21)14-25-11-5-3-4-6-20(25)16-7-9-19(26-2)10-8-16/h7-10,12-13,15,20H,3-6,11,14H2,1-2H3/t20-/m1/s1. The van der Waals surface area contributed by atoms with Gasteiger partial charge in [0, 0.05) is 36.8 Å². The molecule has 1 aliphatic heterocycles. The Balaban J connectivity index is 1.53. The predicted octanol–water partition coefficient (Wildman–Crippen LogP) is 4.67. The Morgan fingerprint density at radius 1 is 1.19 bits per heavy atom. The van der Waals surface area contributed by atoms with Crippen LogP contribution in [-0.4, -0.2) is 33.3 Å². The van der Waals surface area contributed by atoms with Crippen LogP contribution in [0.1, 0.15) is 43.0 Å². The number of hydrogen-bond donors (Lipinski definition) is 0. The molecule has 3 heterocycles. The Morgan fingerprint density at radius 2 is 2.04 bits per heavy atom. The number of benzene rings is 1. The average Bonchev–Trinajstić information content (AvgIpc) is 3.26. The number of nitrogens with zero attached hydrogens (tertiary/aromatic N) is 4. The summed E-state index contributed by atoms with van der Waals surface area (Å²) in [6.07, 6.45) is 8.95. The van der Waals surface area contributed by atoms with E-state index in [9.17, 15) is 0 Å². The van der Waals surface area contributed by atoms with E-state index >= 15 is 0 Å². The van der Waals surface area contributed by atoms with Gasteiger partial charge in [0.15, 0.2) is 0 Å². The summed E-state index contributed by atoms with van der Waals surface area (Å²) in [5.74, 6) is 0.916. The fraction of sp³-hybridized carbons (Fsp3) is 0.429. The zero-order valence-electron chi connectivity index (χ0n) is 16.0. The molecule has 4 rings (SSSR count). The fourth-order valence-electron chi connectivity index (χ4n) is 3.81. The molecule has 1 saturated heterocycles. The van der Waals surface area contributed by atoms with Gasteiger partial charge in [-0.1, -0.05) is 25.0 Å². The number of aryl methyl sites for hydroxylation is 1. The number of methoxy groups -OCH3 is 1. The molecule has 2 aromatic heterocycles. The minimum atomic E-state index is 0.446. The SMILES string of the molecule is COc1ccc([C@H]2CCCCCN2Cc2csc(-c3cnn(C)c3)n2)cc1. The predicted molar refractivity (Wildman–Crippen MR) is 109 cm³/mol. The molecular formula is C21H26N4OS. The first-order valence-electron chi connectivity index (χ1n) is 9.54. The summed E-state index contributed by atoms with van der Waals surface area (Å²) in [6.45, 7) is 2.02. The van der Waals surface area contributed by atoms with Crippen LogP contribution in [0.3, 0.4) is 0 Å². The van der Waals surface area contributed by atoms with Gasteiger partial charge in [-0.05, 0) is 37.1 Å². The highest BCUT2D eigenvalue weighted by molar-refractivity contribution is 7.13. The summed E-state index contributed by atoms with van der Waals surface area (Å²) in [5, 5.41) is 7.50. The molecule has 1 atom stereocenters. The van der Waals surface area contributed by atoms with Gasteiger partial charge in [0.25, 0.3) is 0 Å². The first-order chi connectivity index (χ1) is 13.2. The van der Waals surface area contributed by atoms with Gasteiger partial charge in [0.2, 0.25) is 0 Å². The summed E-state index contributed by atoms with van der Waals surface area (Å²) >= 11 is 1.70. The topological polar surface area (TPSA) is 43.2 Å². The van der Waals surface area contributed by atoms with E-state index in [4.69, 9.17) is 9.72 Å². The molecule has 6 heteroatoms. The Labute approximate surface area is 164 Å². The Morgan fingerprint density at radius 3 is 2.78 bits per heavy atom. The number of aromatic nitrogens is 3. The molecule has 142 valence electrons. The van der Waals surface area contributed by atoms with Crippen molar-refractivity contribution in [2.24, 2.45) is 7.05 Å². The van der Waals surface area contributed by atoms with E-state index < -0.39 is 0 Å². The summed E-state index contributed by atoms with van der Waals surface area (Å²) in [6, 6.07) is 9.01. The Kier molecular flexibility index (Phi) is 5.55. The van der Waals surface area contributed by atoms with E-state index in [1.165, 1.54) is 31.2 Å². The van der Waals surface area contributed by atoms with Crippen LogP contribution in [-0.2, 0) is 13.6 Å². The van der Waals surface area contributed by atoms with Crippen molar-refractivity contribution in [2.75, 3.05) is 13.7 Å². The highest BCUT2D eigenvalue weighted by Gasteiger charge is 2.23. The van der Waals surface area contributed by atoms with E-state index in [2.05, 4.69) is 39.6 Å². The second-order valence-electron chi connectivity index (χ2n) is 7.16. The molecule has 0 spiro atoms. The Bertz CT molecular complexity index is 870. The molecule has 0 aliphatic carbocycles. The van der Waals surface area contributed by atoms with Gasteiger partial charge in [-0.3, -0.25) is 9.58 Å². The van der Waals surface area contributed by atoms with E-state index in [1.807, 2.05) is 24.1 Å². The molecule has 0 bridgehead atoms. The second-order valence-corrected chi connectivity index (χ2v) is 8.01. The van der Waals surface area contributed by atoms with Crippen LogP contribution in [0.15, 0.2) is 42.0 Å². The maximum atomic E-state index is 5.32. The summed E-state index contributed by atoms with van der Waals surface area (Å²) in [7, 11) is 3.66. The fourth-order valence-corrected chi connectivity index (χ4v) is 4.60. The van der Waals surface area contributed by atoms with Crippen molar-refractivity contribution in [2.45, 2.75) is 38.3 Å². The Hall–Kier alpha value is -2.18. The lowest BCUT2D eigenvalue weighted by Gasteiger charge is -2.29. The number of rotatable bonds is 5. The monoisotopic (exact) mass is 382 g/mol. The third-order valence-electron chi connectivity index (χ3n) is 5.23. The van der Waals surface area contributed by atoms with Crippen LogP contribution >= 0.6 is 11.3 Å². The van der Waals surface area contributed by atoms with Gasteiger partial charge in [0.1, 0.15) is 10.8 Å². The van der Waals surface area contributed by atoms with Crippen molar-refractivity contribution >= 4 is 11.3 Å². The van der Waals surface area contributed by atoms with Crippen molar-refractivity contribution in [1.29, 1.82) is 0 Å². The second kappa shape index (κ2) is 8.23. The molecule has 1 aliphatic rings. The van der Waals surface area contributed by atoms with E-state index in [0.29, 0.717) is 6.04 Å². The summed E-state index contributed by atoms with van der Waals surface area (Å²) < 4.78 is 7.15. The van der Waals surface area contributed by atoms with Crippen molar-refractivity contribution in [3.63, 3.8) is 0 Å². The van der Waals surface area contributed by atoms with E-state index in [0.717, 1.165) is 35.1 Å². The normalized spacial score (nSPS) is 18.4. The van der Waals surface area contributed by atoms with Crippen molar-refractivity contribution in [3.05, 3.63) is 53.3 Å². The van der Waals surface area contributed by atoms with Crippen LogP contribution in [0.2, 0.25) is 0 Å². The highest BCUT2D eigenvalue weighted by Crippen LogP contribution is 2.33. The number of likely N-dealkylation sites (tertiary alicyclic amines) is 1. The number of ether oxygens (including phenoxy) is 1. The maximum Gasteiger partial charge on any atom is 0.126 e. The zero-order valence-corrected chi connectivity index (χ0v) is 16.8. The summed E-state index contributed by atoms with van der Waals surface area (Å²) in [5.41, 5.74) is 3.62. The van der Waals surface area contributed by atoms with Crippen LogP contribution in [0.5, 0.6) is 5.75 Å².